The van der Waals surface area contributed by atoms with Crippen molar-refractivity contribution in [1.29, 1.82) is 0 Å². The third-order valence-corrected chi connectivity index (χ3v) is 2.69. The number of nitrogens with one attached hydrogen (secondary N) is 2. The van der Waals surface area contributed by atoms with Gasteiger partial charge in [-0.05, 0) is 36.1 Å². The van der Waals surface area contributed by atoms with E-state index in [1.807, 2.05) is 26.2 Å². The van der Waals surface area contributed by atoms with E-state index in [9.17, 15) is 0 Å². The molecular weight excluding hydrogens is 196 g/mol. The number of allylic oxidation sites excluding steroid dienone is 7. The maximum atomic E-state index is 4.06. The summed E-state index contributed by atoms with van der Waals surface area (Å²) in [5.41, 5.74) is 4.52. The van der Waals surface area contributed by atoms with Crippen LogP contribution < -0.4 is 10.6 Å². The van der Waals surface area contributed by atoms with Crippen LogP contribution in [0.3, 0.4) is 0 Å². The molecule has 0 saturated heterocycles. The second-order valence-corrected chi connectivity index (χ2v) is 3.77. The van der Waals surface area contributed by atoms with Crippen molar-refractivity contribution in [1.82, 2.24) is 10.6 Å². The SMILES string of the molecule is C=C(/C=C\C(=C)C1=CC=C(NC)CC1)NC. The fourth-order valence-electron chi connectivity index (χ4n) is 1.50. The summed E-state index contributed by atoms with van der Waals surface area (Å²) < 4.78 is 0. The Morgan fingerprint density at radius 1 is 1.19 bits per heavy atom. The zero-order valence-electron chi connectivity index (χ0n) is 10.1. The van der Waals surface area contributed by atoms with Gasteiger partial charge >= 0.3 is 0 Å². The van der Waals surface area contributed by atoms with Crippen LogP contribution in [0.5, 0.6) is 0 Å². The molecule has 1 aliphatic carbocycles. The van der Waals surface area contributed by atoms with E-state index in [1.54, 1.807) is 0 Å². The smallest absolute Gasteiger partial charge is 0.0264 e. The molecule has 0 aromatic heterocycles. The number of likely N-dealkylation sites (N-methyl/N-ethyl adjacent to an activating group) is 1. The van der Waals surface area contributed by atoms with Crippen molar-refractivity contribution >= 4 is 0 Å². The Kier molecular flexibility index (Phi) is 4.65. The van der Waals surface area contributed by atoms with Crippen LogP contribution in [-0.2, 0) is 0 Å². The molecule has 1 rings (SSSR count). The third-order valence-electron chi connectivity index (χ3n) is 2.69. The summed E-state index contributed by atoms with van der Waals surface area (Å²) in [6, 6.07) is 0. The van der Waals surface area contributed by atoms with Gasteiger partial charge in [0.15, 0.2) is 0 Å². The lowest BCUT2D eigenvalue weighted by Gasteiger charge is -2.14. The van der Waals surface area contributed by atoms with Crippen molar-refractivity contribution in [2.24, 2.45) is 0 Å². The Labute approximate surface area is 98.1 Å². The molecule has 0 unspecified atom stereocenters. The van der Waals surface area contributed by atoms with Gasteiger partial charge in [-0.25, -0.2) is 0 Å². The molecule has 2 nitrogen and oxygen atoms in total. The first-order chi connectivity index (χ1) is 7.67. The van der Waals surface area contributed by atoms with Gasteiger partial charge in [0, 0.05) is 25.5 Å². The van der Waals surface area contributed by atoms with E-state index in [4.69, 9.17) is 0 Å². The molecule has 0 amide bonds. The molecule has 0 saturated carbocycles. The summed E-state index contributed by atoms with van der Waals surface area (Å²) in [6.45, 7) is 7.90. The summed E-state index contributed by atoms with van der Waals surface area (Å²) in [6.07, 6.45) is 10.3. The average Bonchev–Trinajstić information content (AvgIpc) is 2.35. The fraction of sp³-hybridized carbons (Fsp3) is 0.286. The van der Waals surface area contributed by atoms with Crippen LogP contribution in [0.4, 0.5) is 0 Å². The first kappa shape index (κ1) is 12.4. The van der Waals surface area contributed by atoms with E-state index in [1.165, 1.54) is 11.3 Å². The lowest BCUT2D eigenvalue weighted by Crippen LogP contribution is -2.08. The van der Waals surface area contributed by atoms with Crippen LogP contribution in [0.15, 0.2) is 60.0 Å². The molecule has 0 aromatic carbocycles. The highest BCUT2D eigenvalue weighted by Crippen LogP contribution is 2.22. The minimum atomic E-state index is 0.893. The van der Waals surface area contributed by atoms with Crippen LogP contribution in [-0.4, -0.2) is 14.1 Å². The molecule has 0 aromatic rings. The maximum Gasteiger partial charge on any atom is 0.0264 e. The van der Waals surface area contributed by atoms with Gasteiger partial charge in [0.2, 0.25) is 0 Å². The van der Waals surface area contributed by atoms with Gasteiger partial charge < -0.3 is 10.6 Å². The van der Waals surface area contributed by atoms with E-state index in [0.29, 0.717) is 0 Å². The van der Waals surface area contributed by atoms with Gasteiger partial charge in [-0.3, -0.25) is 0 Å². The predicted molar refractivity (Wildman–Crippen MR) is 70.9 cm³/mol. The van der Waals surface area contributed by atoms with E-state index in [0.717, 1.165) is 24.1 Å². The Morgan fingerprint density at radius 2 is 1.94 bits per heavy atom. The fourth-order valence-corrected chi connectivity index (χ4v) is 1.50. The highest BCUT2D eigenvalue weighted by molar-refractivity contribution is 5.43. The Bertz CT molecular complexity index is 370. The molecule has 0 fully saturated rings. The third kappa shape index (κ3) is 3.46. The molecule has 16 heavy (non-hydrogen) atoms. The average molecular weight is 216 g/mol. The standard InChI is InChI=1S/C14H20N2/c1-11(5-6-12(2)15-3)13-7-9-14(16-4)10-8-13/h5-7,9,15-16H,1-2,8,10H2,3-4H3/b6-5-. The molecule has 0 spiro atoms. The van der Waals surface area contributed by atoms with Gasteiger partial charge in [0.1, 0.15) is 0 Å². The minimum Gasteiger partial charge on any atom is -0.391 e. The quantitative estimate of drug-likeness (QED) is 0.690. The van der Waals surface area contributed by atoms with Crippen molar-refractivity contribution < 1.29 is 0 Å². The molecule has 2 N–H and O–H groups in total. The van der Waals surface area contributed by atoms with Crippen LogP contribution in [0.2, 0.25) is 0 Å². The van der Waals surface area contributed by atoms with Gasteiger partial charge in [0.25, 0.3) is 0 Å². The summed E-state index contributed by atoms with van der Waals surface area (Å²) >= 11 is 0. The van der Waals surface area contributed by atoms with E-state index in [-0.39, 0.29) is 0 Å². The van der Waals surface area contributed by atoms with Crippen LogP contribution in [0, 0.1) is 0 Å². The van der Waals surface area contributed by atoms with Crippen LogP contribution >= 0.6 is 0 Å². The second-order valence-electron chi connectivity index (χ2n) is 3.77. The normalized spacial score (nSPS) is 15.4. The molecule has 0 aliphatic heterocycles. The maximum absolute atomic E-state index is 4.06. The van der Waals surface area contributed by atoms with Gasteiger partial charge in [-0.15, -0.1) is 0 Å². The molecule has 0 heterocycles. The van der Waals surface area contributed by atoms with E-state index < -0.39 is 0 Å². The topological polar surface area (TPSA) is 24.1 Å². The van der Waals surface area contributed by atoms with E-state index >= 15 is 0 Å². The Morgan fingerprint density at radius 3 is 2.44 bits per heavy atom. The summed E-state index contributed by atoms with van der Waals surface area (Å²) in [4.78, 5) is 0. The predicted octanol–water partition coefficient (Wildman–Crippen LogP) is 2.66. The number of hydrogen-bond acceptors (Lipinski definition) is 2. The Balaban J connectivity index is 2.63. The first-order valence-electron chi connectivity index (χ1n) is 5.49. The second kappa shape index (κ2) is 6.01. The van der Waals surface area contributed by atoms with Gasteiger partial charge in [0.05, 0.1) is 0 Å². The molecule has 2 heteroatoms. The molecular formula is C14H20N2. The lowest BCUT2D eigenvalue weighted by molar-refractivity contribution is 0.821. The van der Waals surface area contributed by atoms with Gasteiger partial charge in [-0.2, -0.15) is 0 Å². The monoisotopic (exact) mass is 216 g/mol. The molecule has 0 atom stereocenters. The van der Waals surface area contributed by atoms with Gasteiger partial charge in [-0.1, -0.05) is 25.3 Å². The van der Waals surface area contributed by atoms with Crippen molar-refractivity contribution in [2.45, 2.75) is 12.8 Å². The molecule has 1 aliphatic rings. The van der Waals surface area contributed by atoms with Crippen LogP contribution in [0.25, 0.3) is 0 Å². The summed E-state index contributed by atoms with van der Waals surface area (Å²) in [5, 5.41) is 6.14. The highest BCUT2D eigenvalue weighted by atomic mass is 14.8. The molecule has 86 valence electrons. The van der Waals surface area contributed by atoms with Crippen molar-refractivity contribution in [3.8, 4) is 0 Å². The minimum absolute atomic E-state index is 0.893. The largest absolute Gasteiger partial charge is 0.391 e. The van der Waals surface area contributed by atoms with E-state index in [2.05, 4.69) is 35.9 Å². The van der Waals surface area contributed by atoms with Crippen molar-refractivity contribution in [2.75, 3.05) is 14.1 Å². The molecule has 0 bridgehead atoms. The number of hydrogen-bond donors (Lipinski definition) is 2. The summed E-state index contributed by atoms with van der Waals surface area (Å²) in [7, 11) is 3.81. The molecule has 0 radical (unpaired) electrons. The number of rotatable bonds is 5. The van der Waals surface area contributed by atoms with Crippen molar-refractivity contribution in [3.63, 3.8) is 0 Å². The summed E-state index contributed by atoms with van der Waals surface area (Å²) in [5.74, 6) is 0. The Hall–Kier alpha value is -1.70. The zero-order chi connectivity index (χ0) is 12.0. The van der Waals surface area contributed by atoms with Crippen LogP contribution in [0.1, 0.15) is 12.8 Å². The lowest BCUT2D eigenvalue weighted by atomic mass is 9.96. The first-order valence-corrected chi connectivity index (χ1v) is 5.49. The highest BCUT2D eigenvalue weighted by Gasteiger charge is 2.06. The van der Waals surface area contributed by atoms with Crippen molar-refractivity contribution in [3.05, 3.63) is 60.0 Å². The zero-order valence-corrected chi connectivity index (χ0v) is 10.1.